The summed E-state index contributed by atoms with van der Waals surface area (Å²) in [4.78, 5) is 0. The fourth-order valence-electron chi connectivity index (χ4n) is 1.39. The molecule has 0 radical (unpaired) electrons. The molecular weight excluding hydrogens is 134 g/mol. The van der Waals surface area contributed by atoms with E-state index < -0.39 is 0 Å². The van der Waals surface area contributed by atoms with Gasteiger partial charge in [-0.2, -0.15) is 4.58 Å². The Hall–Kier alpha value is -1.37. The summed E-state index contributed by atoms with van der Waals surface area (Å²) in [5.41, 5.74) is 0. The zero-order valence-corrected chi connectivity index (χ0v) is 6.33. The maximum absolute atomic E-state index is 3.75. The number of hydrogen-bond acceptors (Lipinski definition) is 0. The molecule has 1 heterocycles. The van der Waals surface area contributed by atoms with Crippen LogP contribution in [0, 0.1) is 0 Å². The van der Waals surface area contributed by atoms with E-state index in [1.165, 1.54) is 10.6 Å². The van der Waals surface area contributed by atoms with Crippen LogP contribution in [-0.4, -0.2) is 6.54 Å². The van der Waals surface area contributed by atoms with Crippen molar-refractivity contribution in [2.45, 2.75) is 0 Å². The molecule has 1 aliphatic heterocycles. The summed E-state index contributed by atoms with van der Waals surface area (Å²) < 4.78 is 2.13. The maximum Gasteiger partial charge on any atom is 0.212 e. The van der Waals surface area contributed by atoms with Gasteiger partial charge < -0.3 is 0 Å². The molecule has 0 amide bonds. The van der Waals surface area contributed by atoms with Gasteiger partial charge in [-0.3, -0.25) is 0 Å². The van der Waals surface area contributed by atoms with E-state index in [1.54, 1.807) is 0 Å². The molecule has 0 saturated heterocycles. The molecule has 0 fully saturated rings. The third-order valence-electron chi connectivity index (χ3n) is 1.97. The highest BCUT2D eigenvalue weighted by Crippen LogP contribution is 1.80. The number of benzene rings is 1. The molecule has 0 aliphatic carbocycles. The lowest BCUT2D eigenvalue weighted by Gasteiger charge is -1.83. The molecule has 1 heteroatoms. The highest BCUT2D eigenvalue weighted by atomic mass is 15.0. The standard InChI is InChI=1S/C10H10N/c1-2-11-8-7-9-5-3-4-6-10(9)11/h2-7H,1,8H2/q+1. The topological polar surface area (TPSA) is 3.01 Å². The predicted molar refractivity (Wildman–Crippen MR) is 46.5 cm³/mol. The quantitative estimate of drug-likeness (QED) is 0.492. The van der Waals surface area contributed by atoms with Crippen LogP contribution in [-0.2, 0) is 0 Å². The first-order valence-corrected chi connectivity index (χ1v) is 3.73. The molecule has 0 bridgehead atoms. The highest BCUT2D eigenvalue weighted by Gasteiger charge is 2.05. The number of hydrogen-bond donors (Lipinski definition) is 0. The first kappa shape index (κ1) is 6.35. The van der Waals surface area contributed by atoms with Crippen molar-refractivity contribution < 1.29 is 0 Å². The lowest BCUT2D eigenvalue weighted by Crippen LogP contribution is -2.29. The minimum Gasteiger partial charge on any atom is -0.195 e. The van der Waals surface area contributed by atoms with E-state index in [9.17, 15) is 0 Å². The van der Waals surface area contributed by atoms with Crippen molar-refractivity contribution in [3.05, 3.63) is 47.6 Å². The van der Waals surface area contributed by atoms with Crippen LogP contribution in [0.2, 0.25) is 0 Å². The lowest BCUT2D eigenvalue weighted by atomic mass is 10.3. The van der Waals surface area contributed by atoms with Crippen molar-refractivity contribution in [1.29, 1.82) is 0 Å². The minimum atomic E-state index is 0.961. The summed E-state index contributed by atoms with van der Waals surface area (Å²) in [6.45, 7) is 4.71. The van der Waals surface area contributed by atoms with Gasteiger partial charge in [0.15, 0.2) is 12.7 Å². The van der Waals surface area contributed by atoms with E-state index in [4.69, 9.17) is 0 Å². The molecule has 0 unspecified atom stereocenters. The zero-order valence-electron chi connectivity index (χ0n) is 6.33. The molecule has 1 aromatic rings. The van der Waals surface area contributed by atoms with Gasteiger partial charge in [0, 0.05) is 11.3 Å². The Morgan fingerprint density at radius 2 is 2.18 bits per heavy atom. The molecule has 0 atom stereocenters. The summed E-state index contributed by atoms with van der Waals surface area (Å²) >= 11 is 0. The first-order valence-electron chi connectivity index (χ1n) is 3.73. The Kier molecular flexibility index (Phi) is 1.35. The average molecular weight is 144 g/mol. The van der Waals surface area contributed by atoms with Crippen molar-refractivity contribution in [3.8, 4) is 0 Å². The molecule has 54 valence electrons. The van der Waals surface area contributed by atoms with Gasteiger partial charge in [0.2, 0.25) is 5.36 Å². The number of rotatable bonds is 1. The smallest absolute Gasteiger partial charge is 0.195 e. The lowest BCUT2D eigenvalue weighted by molar-refractivity contribution is 0.844. The van der Waals surface area contributed by atoms with E-state index in [1.807, 2.05) is 6.20 Å². The van der Waals surface area contributed by atoms with Gasteiger partial charge in [-0.15, -0.1) is 0 Å². The summed E-state index contributed by atoms with van der Waals surface area (Å²) in [5.74, 6) is 0. The van der Waals surface area contributed by atoms with Crippen LogP contribution < -0.4 is 15.2 Å². The monoisotopic (exact) mass is 144 g/mol. The van der Waals surface area contributed by atoms with Crippen LogP contribution in [0.1, 0.15) is 0 Å². The van der Waals surface area contributed by atoms with Gasteiger partial charge in [-0.25, -0.2) is 0 Å². The normalized spacial score (nSPS) is 14.0. The van der Waals surface area contributed by atoms with Crippen molar-refractivity contribution in [1.82, 2.24) is 4.58 Å². The Morgan fingerprint density at radius 1 is 1.36 bits per heavy atom. The Bertz CT molecular complexity index is 401. The van der Waals surface area contributed by atoms with Gasteiger partial charge in [0.1, 0.15) is 0 Å². The molecule has 0 spiro atoms. The van der Waals surface area contributed by atoms with Crippen LogP contribution in [0.5, 0.6) is 0 Å². The number of fused-ring (bicyclic) bond motifs is 1. The van der Waals surface area contributed by atoms with Crippen molar-refractivity contribution in [2.24, 2.45) is 0 Å². The fourth-order valence-corrected chi connectivity index (χ4v) is 1.39. The van der Waals surface area contributed by atoms with Gasteiger partial charge in [-0.1, -0.05) is 12.1 Å². The molecule has 0 N–H and O–H groups in total. The van der Waals surface area contributed by atoms with Crippen LogP contribution in [0.25, 0.3) is 6.08 Å². The average Bonchev–Trinajstić information content (AvgIpc) is 2.47. The van der Waals surface area contributed by atoms with Crippen molar-refractivity contribution >= 4 is 6.08 Å². The fraction of sp³-hybridized carbons (Fsp3) is 0.100. The third-order valence-corrected chi connectivity index (χ3v) is 1.97. The largest absolute Gasteiger partial charge is 0.212 e. The summed E-state index contributed by atoms with van der Waals surface area (Å²) in [6, 6.07) is 8.34. The van der Waals surface area contributed by atoms with Crippen molar-refractivity contribution in [3.63, 3.8) is 0 Å². The minimum absolute atomic E-state index is 0.961. The van der Waals surface area contributed by atoms with Gasteiger partial charge in [-0.05, 0) is 18.7 Å². The SMILES string of the molecule is C=C[N+]1=c2ccccc2=CC1. The summed E-state index contributed by atoms with van der Waals surface area (Å²) in [7, 11) is 0. The van der Waals surface area contributed by atoms with E-state index in [2.05, 4.69) is 41.5 Å². The second kappa shape index (κ2) is 2.35. The first-order chi connectivity index (χ1) is 5.42. The third kappa shape index (κ3) is 0.891. The Morgan fingerprint density at radius 3 is 3.00 bits per heavy atom. The van der Waals surface area contributed by atoms with Gasteiger partial charge in [0.25, 0.3) is 0 Å². The van der Waals surface area contributed by atoms with Crippen molar-refractivity contribution in [2.75, 3.05) is 6.54 Å². The molecule has 1 aromatic carbocycles. The zero-order chi connectivity index (χ0) is 7.68. The second-order valence-electron chi connectivity index (χ2n) is 2.60. The molecule has 0 aromatic heterocycles. The van der Waals surface area contributed by atoms with Crippen LogP contribution >= 0.6 is 0 Å². The van der Waals surface area contributed by atoms with Gasteiger partial charge in [0.05, 0.1) is 0 Å². The molecule has 1 nitrogen and oxygen atoms in total. The summed E-state index contributed by atoms with van der Waals surface area (Å²) in [6.07, 6.45) is 4.07. The van der Waals surface area contributed by atoms with Crippen LogP contribution in [0.3, 0.4) is 0 Å². The highest BCUT2D eigenvalue weighted by molar-refractivity contribution is 5.30. The Balaban J connectivity index is 2.89. The molecule has 2 rings (SSSR count). The molecular formula is C10H10N+. The van der Waals surface area contributed by atoms with E-state index in [0.29, 0.717) is 0 Å². The summed E-state index contributed by atoms with van der Waals surface area (Å²) in [5, 5.41) is 2.58. The van der Waals surface area contributed by atoms with E-state index in [-0.39, 0.29) is 0 Å². The van der Waals surface area contributed by atoms with Gasteiger partial charge >= 0.3 is 0 Å². The molecule has 1 aliphatic rings. The maximum atomic E-state index is 3.75. The number of para-hydroxylation sites is 1. The van der Waals surface area contributed by atoms with Crippen LogP contribution in [0.15, 0.2) is 37.0 Å². The van der Waals surface area contributed by atoms with Crippen LogP contribution in [0.4, 0.5) is 0 Å². The molecule has 0 saturated carbocycles. The van der Waals surface area contributed by atoms with E-state index in [0.717, 1.165) is 6.54 Å². The number of nitrogens with zero attached hydrogens (tertiary/aromatic N) is 1. The van der Waals surface area contributed by atoms with E-state index >= 15 is 0 Å². The second-order valence-corrected chi connectivity index (χ2v) is 2.60. The molecule has 11 heavy (non-hydrogen) atoms. The predicted octanol–water partition coefficient (Wildman–Crippen LogP) is 0.115. The Labute approximate surface area is 65.6 Å².